The number of guanidine groups is 1. The number of fused-ring (bicyclic) bond motifs is 1. The fraction of sp³-hybridized carbons (Fsp3) is 0.525. The largest absolute Gasteiger partial charge is 0.508 e. The van der Waals surface area contributed by atoms with Crippen molar-refractivity contribution < 1.29 is 68.1 Å². The Labute approximate surface area is 526 Å². The van der Waals surface area contributed by atoms with Crippen LogP contribution in [0, 0.1) is 17.2 Å². The predicted molar refractivity (Wildman–Crippen MR) is 331 cm³/mol. The van der Waals surface area contributed by atoms with Crippen molar-refractivity contribution in [3.8, 4) is 5.75 Å². The minimum Gasteiger partial charge on any atom is -0.508 e. The van der Waals surface area contributed by atoms with Gasteiger partial charge in [0.05, 0.1) is 25.5 Å². The number of likely N-dealkylation sites (N-methyl/N-ethyl adjacent to an activating group) is 1. The lowest BCUT2D eigenvalue weighted by Crippen LogP contribution is -2.61. The number of nitrogens with one attached hydrogen (secondary N) is 12. The predicted octanol–water partition coefficient (Wildman–Crippen LogP) is -1.43. The van der Waals surface area contributed by atoms with Crippen molar-refractivity contribution in [2.75, 3.05) is 32.8 Å². The number of aromatic nitrogens is 3. The smallest absolute Gasteiger partial charge is 0.317 e. The van der Waals surface area contributed by atoms with Crippen LogP contribution in [0.2, 0.25) is 0 Å². The van der Waals surface area contributed by atoms with Gasteiger partial charge in [0.1, 0.15) is 54.1 Å². The lowest BCUT2D eigenvalue weighted by Gasteiger charge is -2.31. The molecule has 4 heterocycles. The molecule has 0 radical (unpaired) electrons. The lowest BCUT2D eigenvalue weighted by molar-refractivity contribution is -0.150. The van der Waals surface area contributed by atoms with Crippen molar-refractivity contribution in [1.29, 1.82) is 5.41 Å². The molecule has 0 aliphatic carbocycles. The number of hydrogen-bond acceptors (Lipinski definition) is 16. The Bertz CT molecular complexity index is 3210. The molecule has 0 spiro atoms. The van der Waals surface area contributed by atoms with Crippen LogP contribution in [0.3, 0.4) is 0 Å². The summed E-state index contributed by atoms with van der Waals surface area (Å²) in [5.74, 6) is -9.90. The summed E-state index contributed by atoms with van der Waals surface area (Å²) in [5, 5.41) is 62.6. The number of aromatic hydroxyl groups is 1. The molecule has 2 aliphatic rings. The number of phenols is 1. The SMILES string of the molecule is CCN(C(=O)[C@H](CCCNC(=N)N)NC(=O)[C@H](CC(C)C)NC(=O)[C@@H](CC(C)C)NC(=O)[C@@H](Cc1ccc(O)cc1)NC(=O)[C@@H](CO)NC(=O)[C@@H](Cc1c[nH]c2ccccc12)NC(=O)[C@@H](Cc1cnc[nH]1)NC(=O)[C@H]1CCC(=O)N1)C(=O)[C@@H]1CCCN1CC(=O)O. The number of nitrogens with two attached hydrogens (primary N) is 1. The highest BCUT2D eigenvalue weighted by Gasteiger charge is 2.41. The van der Waals surface area contributed by atoms with Gasteiger partial charge in [-0.1, -0.05) is 58.0 Å². The Morgan fingerprint density at radius 2 is 1.31 bits per heavy atom. The van der Waals surface area contributed by atoms with Crippen molar-refractivity contribution in [3.05, 3.63) is 84.1 Å². The molecular formula is C61H86N16O14. The van der Waals surface area contributed by atoms with Crippen LogP contribution in [-0.2, 0) is 72.0 Å². The number of amides is 10. The molecule has 0 saturated carbocycles. The van der Waals surface area contributed by atoms with Gasteiger partial charge in [-0.2, -0.15) is 0 Å². The van der Waals surface area contributed by atoms with Gasteiger partial charge in [-0.25, -0.2) is 4.98 Å². The molecule has 10 amide bonds. The monoisotopic (exact) mass is 1270 g/mol. The number of aliphatic hydroxyl groups excluding tert-OH is 1. The molecule has 4 aromatic rings. The zero-order valence-corrected chi connectivity index (χ0v) is 51.8. The topological polar surface area (TPSA) is 458 Å². The van der Waals surface area contributed by atoms with Crippen molar-refractivity contribution in [2.45, 2.75) is 160 Å². The molecule has 0 unspecified atom stereocenters. The summed E-state index contributed by atoms with van der Waals surface area (Å²) < 4.78 is 0. The number of benzene rings is 2. The fourth-order valence-corrected chi connectivity index (χ4v) is 11.0. The van der Waals surface area contributed by atoms with Gasteiger partial charge in [0.2, 0.25) is 53.2 Å². The highest BCUT2D eigenvalue weighted by molar-refractivity contribution is 6.03. The number of aliphatic hydroxyl groups is 1. The van der Waals surface area contributed by atoms with Gasteiger partial charge in [0, 0.05) is 67.8 Å². The number of hydrogen-bond donors (Lipinski definition) is 16. The number of H-pyrrole nitrogens is 2. The third-order valence-corrected chi connectivity index (χ3v) is 15.6. The van der Waals surface area contributed by atoms with Crippen LogP contribution in [0.25, 0.3) is 10.9 Å². The number of aliphatic carboxylic acids is 1. The Balaban J connectivity index is 1.23. The van der Waals surface area contributed by atoms with E-state index in [-0.39, 0.29) is 100 Å². The van der Waals surface area contributed by atoms with E-state index >= 15 is 0 Å². The van der Waals surface area contributed by atoms with Crippen LogP contribution >= 0.6 is 0 Å². The number of aromatic amines is 2. The Morgan fingerprint density at radius 1 is 0.736 bits per heavy atom. The molecule has 2 fully saturated rings. The summed E-state index contributed by atoms with van der Waals surface area (Å²) >= 11 is 0. The molecule has 494 valence electrons. The summed E-state index contributed by atoms with van der Waals surface area (Å²) in [7, 11) is 0. The summed E-state index contributed by atoms with van der Waals surface area (Å²) in [6.07, 6.45) is 5.16. The Morgan fingerprint density at radius 3 is 1.87 bits per heavy atom. The maximum Gasteiger partial charge on any atom is 0.317 e. The van der Waals surface area contributed by atoms with E-state index in [1.54, 1.807) is 65.1 Å². The van der Waals surface area contributed by atoms with Crippen molar-refractivity contribution >= 4 is 81.9 Å². The van der Waals surface area contributed by atoms with Gasteiger partial charge >= 0.3 is 5.97 Å². The average Bonchev–Trinajstić information content (AvgIpc) is 2.15. The third kappa shape index (κ3) is 21.1. The highest BCUT2D eigenvalue weighted by Crippen LogP contribution is 2.23. The quantitative estimate of drug-likeness (QED) is 0.0145. The summed E-state index contributed by atoms with van der Waals surface area (Å²) in [6.45, 7) is 7.58. The zero-order chi connectivity index (χ0) is 66.5. The fourth-order valence-electron chi connectivity index (χ4n) is 11.0. The third-order valence-electron chi connectivity index (χ3n) is 15.6. The molecule has 17 N–H and O–H groups in total. The van der Waals surface area contributed by atoms with Gasteiger partial charge in [-0.15, -0.1) is 0 Å². The van der Waals surface area contributed by atoms with Crippen molar-refractivity contribution in [3.63, 3.8) is 0 Å². The van der Waals surface area contributed by atoms with E-state index in [2.05, 4.69) is 62.8 Å². The first-order valence-electron chi connectivity index (χ1n) is 30.6. The number of likely N-dealkylation sites (tertiary alicyclic amines) is 1. The second-order valence-electron chi connectivity index (χ2n) is 23.7. The van der Waals surface area contributed by atoms with Gasteiger partial charge in [-0.3, -0.25) is 67.9 Å². The van der Waals surface area contributed by atoms with Crippen LogP contribution in [0.1, 0.15) is 103 Å². The number of carboxylic acid groups (broad SMARTS) is 1. The van der Waals surface area contributed by atoms with Gasteiger partial charge in [-0.05, 0) is 99.6 Å². The number of carboxylic acids is 1. The molecule has 2 aromatic heterocycles. The summed E-state index contributed by atoms with van der Waals surface area (Å²) in [5.41, 5.74) is 7.63. The number of imide groups is 1. The van der Waals surface area contributed by atoms with Crippen LogP contribution in [-0.4, -0.2) is 198 Å². The van der Waals surface area contributed by atoms with E-state index in [0.717, 1.165) is 4.90 Å². The van der Waals surface area contributed by atoms with E-state index in [1.165, 1.54) is 41.7 Å². The first-order chi connectivity index (χ1) is 43.3. The minimum absolute atomic E-state index is 0.00616. The number of carbonyl (C=O) groups excluding carboxylic acids is 10. The first-order valence-corrected chi connectivity index (χ1v) is 30.6. The summed E-state index contributed by atoms with van der Waals surface area (Å²) in [6, 6.07) is 0.834. The van der Waals surface area contributed by atoms with E-state index in [9.17, 15) is 68.1 Å². The molecule has 2 saturated heterocycles. The van der Waals surface area contributed by atoms with Crippen LogP contribution < -0.4 is 53.6 Å². The minimum atomic E-state index is -1.78. The van der Waals surface area contributed by atoms with Crippen LogP contribution in [0.15, 0.2) is 67.3 Å². The molecular weight excluding hydrogens is 1180 g/mol. The van der Waals surface area contributed by atoms with E-state index < -0.39 is 127 Å². The van der Waals surface area contributed by atoms with Gasteiger partial charge in [0.15, 0.2) is 5.96 Å². The van der Waals surface area contributed by atoms with E-state index in [1.807, 2.05) is 0 Å². The number of imidazole rings is 1. The maximum absolute atomic E-state index is 14.7. The normalized spacial score (nSPS) is 17.1. The number of para-hydroxylation sites is 1. The molecule has 30 nitrogen and oxygen atoms in total. The molecule has 30 heteroatoms. The lowest BCUT2D eigenvalue weighted by atomic mass is 9.98. The second kappa shape index (κ2) is 33.9. The van der Waals surface area contributed by atoms with Crippen LogP contribution in [0.4, 0.5) is 0 Å². The average molecular weight is 1270 g/mol. The highest BCUT2D eigenvalue weighted by atomic mass is 16.4. The zero-order valence-electron chi connectivity index (χ0n) is 51.8. The molecule has 6 rings (SSSR count). The number of rotatable bonds is 34. The number of carbonyl (C=O) groups is 11. The van der Waals surface area contributed by atoms with Crippen LogP contribution in [0.5, 0.6) is 5.75 Å². The van der Waals surface area contributed by atoms with Gasteiger partial charge < -0.3 is 78.9 Å². The van der Waals surface area contributed by atoms with Crippen molar-refractivity contribution in [2.24, 2.45) is 17.6 Å². The van der Waals surface area contributed by atoms with Gasteiger partial charge in [0.25, 0.3) is 5.91 Å². The number of phenolic OH excluding ortho intramolecular Hbond substituents is 1. The standard InChI is InChI=1S/C61H86N16O14/c1-6-77(60(91)49-14-10-22-76(49)30-51(81)82)59(90)42(13-9-21-65-61(62)63)69-53(84)43(23-33(2)3)70-54(85)44(24-34(4)5)71-55(86)45(25-35-15-17-38(79)18-16-35)72-58(89)48(31-78)75-56(87)46(26-36-28-66-40-12-8-7-11-39(36)40)73-57(88)47(27-37-29-64-32-67-37)74-52(83)41-19-20-50(80)68-41/h7-8,11-12,15-18,28-29,32-34,41-49,66,78-79H,6,9-10,13-14,19-27,30-31H2,1-5H3,(H,64,67)(H,68,80)(H,69,84)(H,70,85)(H,71,86)(H,72,89)(H,73,88)(H,74,83)(H,75,87)(H,81,82)(H4,62,63,65)/t41-,42+,43+,44-,45-,46-,47-,48-,49+/m1/s1. The van der Waals surface area contributed by atoms with E-state index in [4.69, 9.17) is 11.1 Å². The van der Waals surface area contributed by atoms with Crippen molar-refractivity contribution in [1.82, 2.24) is 72.6 Å². The second-order valence-corrected chi connectivity index (χ2v) is 23.7. The number of nitrogens with zero attached hydrogens (tertiary/aromatic N) is 3. The molecule has 2 aromatic carbocycles. The molecule has 2 aliphatic heterocycles. The molecule has 9 atom stereocenters. The van der Waals surface area contributed by atoms with E-state index in [0.29, 0.717) is 47.1 Å². The molecule has 0 bridgehead atoms. The Hall–Kier alpha value is -9.45. The summed E-state index contributed by atoms with van der Waals surface area (Å²) in [4.78, 5) is 165. The first kappa shape index (κ1) is 70.6. The maximum atomic E-state index is 14.7. The molecule has 91 heavy (non-hydrogen) atoms. The Kier molecular flexibility index (Phi) is 26.3.